The highest BCUT2D eigenvalue weighted by atomic mass is 15.2. The van der Waals surface area contributed by atoms with Crippen molar-refractivity contribution in [3.05, 3.63) is 71.8 Å². The molecule has 3 rings (SSSR count). The first-order valence-corrected chi connectivity index (χ1v) is 7.34. The summed E-state index contributed by atoms with van der Waals surface area (Å²) in [6, 6.07) is 21.4. The van der Waals surface area contributed by atoms with E-state index in [1.54, 1.807) is 0 Å². The molecule has 1 fully saturated rings. The lowest BCUT2D eigenvalue weighted by molar-refractivity contribution is 0.304. The summed E-state index contributed by atoms with van der Waals surface area (Å²) < 4.78 is 0. The van der Waals surface area contributed by atoms with Gasteiger partial charge >= 0.3 is 0 Å². The van der Waals surface area contributed by atoms with Crippen molar-refractivity contribution in [3.8, 4) is 0 Å². The fourth-order valence-electron chi connectivity index (χ4n) is 3.25. The van der Waals surface area contributed by atoms with Gasteiger partial charge in [0.1, 0.15) is 0 Å². The summed E-state index contributed by atoms with van der Waals surface area (Å²) in [5.74, 6) is 0. The summed E-state index contributed by atoms with van der Waals surface area (Å²) in [7, 11) is 0. The van der Waals surface area contributed by atoms with Crippen LogP contribution in [0.5, 0.6) is 0 Å². The van der Waals surface area contributed by atoms with E-state index in [9.17, 15) is 0 Å². The van der Waals surface area contributed by atoms with Crippen LogP contribution in [-0.4, -0.2) is 24.5 Å². The molecule has 0 bridgehead atoms. The number of benzene rings is 2. The monoisotopic (exact) mass is 266 g/mol. The molecule has 1 saturated heterocycles. The number of rotatable bonds is 4. The molecule has 2 aromatic rings. The predicted octanol–water partition coefficient (Wildman–Crippen LogP) is 2.79. The maximum Gasteiger partial charge on any atom is 0.0234 e. The fourth-order valence-corrected chi connectivity index (χ4v) is 3.25. The van der Waals surface area contributed by atoms with Crippen LogP contribution in [0.3, 0.4) is 0 Å². The van der Waals surface area contributed by atoms with Crippen LogP contribution in [0.2, 0.25) is 0 Å². The Bertz CT molecular complexity index is 538. The standard InChI is InChI=1S/C18H22N2/c19-14-18(17-9-5-2-6-10-17)11-12-20(15-18)13-16-7-3-1-4-8-16/h1-10H,11-15,19H2/t18-/m1/s1. The van der Waals surface area contributed by atoms with Gasteiger partial charge in [0.25, 0.3) is 0 Å². The molecule has 0 unspecified atom stereocenters. The summed E-state index contributed by atoms with van der Waals surface area (Å²) in [6.45, 7) is 3.93. The molecule has 1 atom stereocenters. The van der Waals surface area contributed by atoms with Gasteiger partial charge in [0.15, 0.2) is 0 Å². The van der Waals surface area contributed by atoms with E-state index in [4.69, 9.17) is 5.73 Å². The Morgan fingerprint density at radius 2 is 1.60 bits per heavy atom. The maximum absolute atomic E-state index is 6.13. The van der Waals surface area contributed by atoms with E-state index in [0.717, 1.165) is 32.6 Å². The van der Waals surface area contributed by atoms with E-state index in [2.05, 4.69) is 65.6 Å². The van der Waals surface area contributed by atoms with Crippen molar-refractivity contribution in [1.82, 2.24) is 4.90 Å². The number of nitrogens with two attached hydrogens (primary N) is 1. The zero-order valence-corrected chi connectivity index (χ0v) is 11.8. The second-order valence-electron chi connectivity index (χ2n) is 5.80. The average molecular weight is 266 g/mol. The summed E-state index contributed by atoms with van der Waals surface area (Å²) in [4.78, 5) is 2.52. The topological polar surface area (TPSA) is 29.3 Å². The van der Waals surface area contributed by atoms with Gasteiger partial charge in [0.2, 0.25) is 0 Å². The number of hydrogen-bond acceptors (Lipinski definition) is 2. The Morgan fingerprint density at radius 3 is 2.25 bits per heavy atom. The fraction of sp³-hybridized carbons (Fsp3) is 0.333. The van der Waals surface area contributed by atoms with E-state index >= 15 is 0 Å². The van der Waals surface area contributed by atoms with E-state index in [0.29, 0.717) is 0 Å². The van der Waals surface area contributed by atoms with Crippen LogP contribution in [0.15, 0.2) is 60.7 Å². The molecule has 0 saturated carbocycles. The third-order valence-corrected chi connectivity index (χ3v) is 4.46. The van der Waals surface area contributed by atoms with Gasteiger partial charge in [0, 0.05) is 25.0 Å². The van der Waals surface area contributed by atoms with Crippen molar-refractivity contribution < 1.29 is 0 Å². The minimum Gasteiger partial charge on any atom is -0.330 e. The van der Waals surface area contributed by atoms with Crippen molar-refractivity contribution >= 4 is 0 Å². The Balaban J connectivity index is 1.74. The molecule has 2 heteroatoms. The lowest BCUT2D eigenvalue weighted by Crippen LogP contribution is -2.38. The molecule has 2 nitrogen and oxygen atoms in total. The van der Waals surface area contributed by atoms with Crippen LogP contribution < -0.4 is 5.73 Å². The Labute approximate surface area is 121 Å². The zero-order valence-electron chi connectivity index (χ0n) is 11.8. The molecule has 0 spiro atoms. The minimum absolute atomic E-state index is 0.135. The average Bonchev–Trinajstić information content (AvgIpc) is 2.94. The van der Waals surface area contributed by atoms with Crippen molar-refractivity contribution in [2.75, 3.05) is 19.6 Å². The lowest BCUT2D eigenvalue weighted by Gasteiger charge is -2.28. The van der Waals surface area contributed by atoms with E-state index < -0.39 is 0 Å². The zero-order chi connectivity index (χ0) is 13.8. The molecule has 2 N–H and O–H groups in total. The van der Waals surface area contributed by atoms with Crippen molar-refractivity contribution in [2.45, 2.75) is 18.4 Å². The molecule has 0 aromatic heterocycles. The van der Waals surface area contributed by atoms with Gasteiger partial charge in [-0.2, -0.15) is 0 Å². The highest BCUT2D eigenvalue weighted by Crippen LogP contribution is 2.34. The Kier molecular flexibility index (Phi) is 3.86. The molecule has 1 heterocycles. The highest BCUT2D eigenvalue weighted by Gasteiger charge is 2.38. The van der Waals surface area contributed by atoms with Crippen LogP contribution in [0.4, 0.5) is 0 Å². The molecule has 0 radical (unpaired) electrons. The molecule has 0 aliphatic carbocycles. The molecular weight excluding hydrogens is 244 g/mol. The molecule has 2 aromatic carbocycles. The largest absolute Gasteiger partial charge is 0.330 e. The van der Waals surface area contributed by atoms with Crippen LogP contribution in [0, 0.1) is 0 Å². The maximum atomic E-state index is 6.13. The number of likely N-dealkylation sites (tertiary alicyclic amines) is 1. The first-order valence-electron chi connectivity index (χ1n) is 7.34. The van der Waals surface area contributed by atoms with E-state index in [1.807, 2.05) is 0 Å². The third kappa shape index (κ3) is 2.62. The van der Waals surface area contributed by atoms with E-state index in [1.165, 1.54) is 11.1 Å². The summed E-state index contributed by atoms with van der Waals surface area (Å²) in [6.07, 6.45) is 1.15. The van der Waals surface area contributed by atoms with Crippen LogP contribution >= 0.6 is 0 Å². The van der Waals surface area contributed by atoms with Gasteiger partial charge in [0.05, 0.1) is 0 Å². The Morgan fingerprint density at radius 1 is 0.950 bits per heavy atom. The molecule has 0 amide bonds. The quantitative estimate of drug-likeness (QED) is 0.922. The van der Waals surface area contributed by atoms with Crippen molar-refractivity contribution in [3.63, 3.8) is 0 Å². The first kappa shape index (κ1) is 13.3. The lowest BCUT2D eigenvalue weighted by atomic mass is 9.80. The van der Waals surface area contributed by atoms with E-state index in [-0.39, 0.29) is 5.41 Å². The minimum atomic E-state index is 0.135. The van der Waals surface area contributed by atoms with Crippen LogP contribution in [-0.2, 0) is 12.0 Å². The van der Waals surface area contributed by atoms with Crippen LogP contribution in [0.1, 0.15) is 17.5 Å². The van der Waals surface area contributed by atoms with Crippen molar-refractivity contribution in [2.24, 2.45) is 5.73 Å². The summed E-state index contributed by atoms with van der Waals surface area (Å²) in [5.41, 5.74) is 9.03. The van der Waals surface area contributed by atoms with Gasteiger partial charge in [-0.25, -0.2) is 0 Å². The molecular formula is C18H22N2. The summed E-state index contributed by atoms with van der Waals surface area (Å²) in [5, 5.41) is 0. The van der Waals surface area contributed by atoms with Crippen LogP contribution in [0.25, 0.3) is 0 Å². The first-order chi connectivity index (χ1) is 9.82. The number of nitrogens with zero attached hydrogens (tertiary/aromatic N) is 1. The van der Waals surface area contributed by atoms with Gasteiger partial charge in [-0.05, 0) is 24.1 Å². The van der Waals surface area contributed by atoms with Crippen molar-refractivity contribution in [1.29, 1.82) is 0 Å². The second kappa shape index (κ2) is 5.78. The molecule has 1 aliphatic rings. The molecule has 20 heavy (non-hydrogen) atoms. The van der Waals surface area contributed by atoms with Gasteiger partial charge in [-0.1, -0.05) is 60.7 Å². The highest BCUT2D eigenvalue weighted by molar-refractivity contribution is 5.28. The second-order valence-corrected chi connectivity index (χ2v) is 5.80. The predicted molar refractivity (Wildman–Crippen MR) is 83.5 cm³/mol. The van der Waals surface area contributed by atoms with Gasteiger partial charge in [-0.3, -0.25) is 4.90 Å². The molecule has 1 aliphatic heterocycles. The van der Waals surface area contributed by atoms with Gasteiger partial charge in [-0.15, -0.1) is 0 Å². The van der Waals surface area contributed by atoms with Gasteiger partial charge < -0.3 is 5.73 Å². The molecule has 104 valence electrons. The Hall–Kier alpha value is -1.64. The normalized spacial score (nSPS) is 23.1. The SMILES string of the molecule is NC[C@]1(c2ccccc2)CCN(Cc2ccccc2)C1. The smallest absolute Gasteiger partial charge is 0.0234 e. The summed E-state index contributed by atoms with van der Waals surface area (Å²) >= 11 is 0. The third-order valence-electron chi connectivity index (χ3n) is 4.46. The number of hydrogen-bond donors (Lipinski definition) is 1.